The normalized spacial score (nSPS) is 26.4. The maximum atomic E-state index is 13.0. The van der Waals surface area contributed by atoms with Crippen LogP contribution in [0.5, 0.6) is 5.88 Å². The van der Waals surface area contributed by atoms with Crippen molar-refractivity contribution < 1.29 is 24.6 Å². The summed E-state index contributed by atoms with van der Waals surface area (Å²) < 4.78 is 0.830. The molecule has 0 aromatic carbocycles. The van der Waals surface area contributed by atoms with Crippen molar-refractivity contribution in [2.24, 2.45) is 39.6 Å². The van der Waals surface area contributed by atoms with E-state index in [1.165, 1.54) is 19.3 Å². The van der Waals surface area contributed by atoms with Crippen molar-refractivity contribution in [2.75, 3.05) is 13.1 Å². The van der Waals surface area contributed by atoms with Gasteiger partial charge in [-0.2, -0.15) is 0 Å². The SMILES string of the molecule is NC(N)=NCCCc1[nH]c(=O)n(CC(=O)N[C@@H](CC(=O)O)C(=O)NCC23CC4CC(CC(C4)C2)C3)c1O. The first-order valence-electron chi connectivity index (χ1n) is 12.9. The fraction of sp³-hybridized carbons (Fsp3) is 0.708. The average Bonchev–Trinajstić information content (AvgIpc) is 3.06. The van der Waals surface area contributed by atoms with Crippen LogP contribution in [0.15, 0.2) is 9.79 Å². The fourth-order valence-electron chi connectivity index (χ4n) is 6.97. The highest BCUT2D eigenvalue weighted by Crippen LogP contribution is 2.59. The molecule has 37 heavy (non-hydrogen) atoms. The van der Waals surface area contributed by atoms with Gasteiger partial charge in [-0.1, -0.05) is 0 Å². The molecule has 0 unspecified atom stereocenters. The molecule has 1 heterocycles. The molecule has 1 aromatic heterocycles. The molecule has 2 amide bonds. The number of aryl methyl sites for hydroxylation is 1. The van der Waals surface area contributed by atoms with E-state index in [2.05, 4.69) is 20.6 Å². The third-order valence-corrected chi connectivity index (χ3v) is 8.04. The van der Waals surface area contributed by atoms with Crippen LogP contribution in [0.1, 0.15) is 57.1 Å². The molecule has 13 heteroatoms. The van der Waals surface area contributed by atoms with Crippen LogP contribution in [-0.2, 0) is 27.3 Å². The summed E-state index contributed by atoms with van der Waals surface area (Å²) in [5.41, 5.74) is 10.1. The second-order valence-electron chi connectivity index (χ2n) is 11.1. The van der Waals surface area contributed by atoms with Crippen molar-refractivity contribution in [1.82, 2.24) is 20.2 Å². The van der Waals surface area contributed by atoms with Crippen LogP contribution in [0.4, 0.5) is 0 Å². The lowest BCUT2D eigenvalue weighted by atomic mass is 9.49. The monoisotopic (exact) mass is 519 g/mol. The van der Waals surface area contributed by atoms with E-state index in [0.29, 0.717) is 37.3 Å². The molecule has 0 saturated heterocycles. The third kappa shape index (κ3) is 6.44. The lowest BCUT2D eigenvalue weighted by Crippen LogP contribution is -2.54. The molecule has 1 aromatic rings. The quantitative estimate of drug-likeness (QED) is 0.107. The zero-order valence-corrected chi connectivity index (χ0v) is 20.9. The molecule has 0 radical (unpaired) electrons. The molecule has 0 spiro atoms. The van der Waals surface area contributed by atoms with Gasteiger partial charge in [0.25, 0.3) is 0 Å². The van der Waals surface area contributed by atoms with Crippen LogP contribution in [0, 0.1) is 23.2 Å². The summed E-state index contributed by atoms with van der Waals surface area (Å²) in [5, 5.41) is 25.0. The molecule has 0 aliphatic heterocycles. The standard InChI is InChI=1S/C24H37N7O6/c25-22(26)27-3-1-2-16-21(36)31(23(37)30-16)11-18(32)29-17(7-19(33)34)20(35)28-12-24-8-13-4-14(9-24)6-15(5-13)10-24/h13-15,17,36H,1-12H2,(H,28,35)(H,29,32)(H,30,37)(H,33,34)(H4,25,26,27)/t13?,14?,15?,17-,24?/m0/s1. The first kappa shape index (κ1) is 26.6. The number of guanidine groups is 1. The van der Waals surface area contributed by atoms with E-state index in [-0.39, 0.29) is 23.5 Å². The minimum absolute atomic E-state index is 0.0595. The van der Waals surface area contributed by atoms with Crippen molar-refractivity contribution in [3.63, 3.8) is 0 Å². The first-order valence-corrected chi connectivity index (χ1v) is 12.9. The minimum Gasteiger partial charge on any atom is -0.493 e. The Bertz CT molecular complexity index is 1080. The smallest absolute Gasteiger partial charge is 0.329 e. The van der Waals surface area contributed by atoms with Crippen LogP contribution in [0.2, 0.25) is 0 Å². The summed E-state index contributed by atoms with van der Waals surface area (Å²) in [6.45, 7) is 0.195. The summed E-state index contributed by atoms with van der Waals surface area (Å²) in [6.07, 6.45) is 7.18. The van der Waals surface area contributed by atoms with E-state index in [1.54, 1.807) is 0 Å². The number of amides is 2. The van der Waals surface area contributed by atoms with E-state index < -0.39 is 48.4 Å². The second-order valence-corrected chi connectivity index (χ2v) is 11.1. The number of nitrogens with zero attached hydrogens (tertiary/aromatic N) is 2. The van der Waals surface area contributed by atoms with E-state index in [1.807, 2.05) is 0 Å². The highest BCUT2D eigenvalue weighted by atomic mass is 16.4. The zero-order valence-electron chi connectivity index (χ0n) is 20.9. The molecular weight excluding hydrogens is 482 g/mol. The number of hydrogen-bond donors (Lipinski definition) is 7. The lowest BCUT2D eigenvalue weighted by Gasteiger charge is -2.57. The number of aromatic hydroxyl groups is 1. The topological polar surface area (TPSA) is 218 Å². The van der Waals surface area contributed by atoms with Gasteiger partial charge >= 0.3 is 11.7 Å². The summed E-state index contributed by atoms with van der Waals surface area (Å²) in [5.74, 6) is -0.905. The Morgan fingerprint density at radius 2 is 1.76 bits per heavy atom. The summed E-state index contributed by atoms with van der Waals surface area (Å²) in [7, 11) is 0. The van der Waals surface area contributed by atoms with Gasteiger partial charge in [0.1, 0.15) is 12.6 Å². The first-order chi connectivity index (χ1) is 17.5. The maximum absolute atomic E-state index is 13.0. The highest BCUT2D eigenvalue weighted by molar-refractivity contribution is 5.90. The number of hydrogen-bond acceptors (Lipinski definition) is 6. The minimum atomic E-state index is -1.30. The Hall–Kier alpha value is -3.51. The van der Waals surface area contributed by atoms with E-state index in [0.717, 1.165) is 23.8 Å². The van der Waals surface area contributed by atoms with Gasteiger partial charge in [0.05, 0.1) is 12.1 Å². The van der Waals surface area contributed by atoms with E-state index in [9.17, 15) is 29.4 Å². The van der Waals surface area contributed by atoms with Crippen LogP contribution in [-0.4, -0.2) is 62.6 Å². The summed E-state index contributed by atoms with van der Waals surface area (Å²) in [6, 6.07) is -1.30. The van der Waals surface area contributed by atoms with Crippen LogP contribution in [0.25, 0.3) is 0 Å². The Morgan fingerprint density at radius 3 is 2.32 bits per heavy atom. The van der Waals surface area contributed by atoms with Gasteiger partial charge in [-0.05, 0) is 74.5 Å². The third-order valence-electron chi connectivity index (χ3n) is 8.04. The predicted molar refractivity (Wildman–Crippen MR) is 134 cm³/mol. The van der Waals surface area contributed by atoms with Gasteiger partial charge in [0.2, 0.25) is 17.7 Å². The molecule has 4 aliphatic rings. The van der Waals surface area contributed by atoms with Crippen LogP contribution in [0.3, 0.4) is 0 Å². The molecule has 204 valence electrons. The van der Waals surface area contributed by atoms with Crippen LogP contribution >= 0.6 is 0 Å². The summed E-state index contributed by atoms with van der Waals surface area (Å²) in [4.78, 5) is 55.6. The number of aromatic amines is 1. The predicted octanol–water partition coefficient (Wildman–Crippen LogP) is -0.620. The molecule has 13 nitrogen and oxygen atoms in total. The molecule has 4 bridgehead atoms. The number of H-pyrrole nitrogens is 1. The molecule has 9 N–H and O–H groups in total. The van der Waals surface area contributed by atoms with Crippen molar-refractivity contribution >= 4 is 23.7 Å². The lowest BCUT2D eigenvalue weighted by molar-refractivity contribution is -0.141. The number of carbonyl (C=O) groups is 3. The van der Waals surface area contributed by atoms with Crippen molar-refractivity contribution in [3.8, 4) is 5.88 Å². The van der Waals surface area contributed by atoms with Gasteiger partial charge < -0.3 is 37.3 Å². The number of aliphatic imine (C=N–C) groups is 1. The highest BCUT2D eigenvalue weighted by Gasteiger charge is 2.50. The Morgan fingerprint density at radius 1 is 1.14 bits per heavy atom. The Labute approximate surface area is 214 Å². The fourth-order valence-corrected chi connectivity index (χ4v) is 6.97. The number of carbonyl (C=O) groups excluding carboxylic acids is 2. The zero-order chi connectivity index (χ0) is 26.7. The number of carboxylic acid groups (broad SMARTS) is 1. The van der Waals surface area contributed by atoms with Crippen LogP contribution < -0.4 is 27.8 Å². The number of aliphatic carboxylic acids is 1. The number of carboxylic acids is 1. The van der Waals surface area contributed by atoms with Gasteiger partial charge in [0, 0.05) is 13.1 Å². The number of nitrogens with one attached hydrogen (secondary N) is 3. The largest absolute Gasteiger partial charge is 0.493 e. The molecule has 4 fully saturated rings. The molecule has 4 saturated carbocycles. The molecule has 4 aliphatic carbocycles. The number of aromatic nitrogens is 2. The van der Waals surface area contributed by atoms with Crippen molar-refractivity contribution in [2.45, 2.75) is 70.4 Å². The molecular formula is C24H37N7O6. The Kier molecular flexibility index (Phi) is 7.79. The average molecular weight is 520 g/mol. The maximum Gasteiger partial charge on any atom is 0.329 e. The molecule has 5 rings (SSSR count). The van der Waals surface area contributed by atoms with Crippen molar-refractivity contribution in [1.29, 1.82) is 0 Å². The second kappa shape index (κ2) is 10.9. The molecule has 1 atom stereocenters. The Balaban J connectivity index is 1.34. The van der Waals surface area contributed by atoms with E-state index in [4.69, 9.17) is 11.5 Å². The van der Waals surface area contributed by atoms with E-state index >= 15 is 0 Å². The van der Waals surface area contributed by atoms with Gasteiger partial charge in [-0.3, -0.25) is 23.9 Å². The van der Waals surface area contributed by atoms with Gasteiger partial charge in [-0.15, -0.1) is 0 Å². The number of imidazole rings is 1. The van der Waals surface area contributed by atoms with Gasteiger partial charge in [-0.25, -0.2) is 4.79 Å². The number of rotatable bonds is 12. The number of nitrogens with two attached hydrogens (primary N) is 2. The van der Waals surface area contributed by atoms with Crippen molar-refractivity contribution in [3.05, 3.63) is 16.2 Å². The summed E-state index contributed by atoms with van der Waals surface area (Å²) >= 11 is 0. The van der Waals surface area contributed by atoms with Gasteiger partial charge in [0.15, 0.2) is 5.96 Å².